The van der Waals surface area contributed by atoms with Gasteiger partial charge in [-0.2, -0.15) is 0 Å². The number of rotatable bonds is 6. The van der Waals surface area contributed by atoms with E-state index in [4.69, 9.17) is 9.47 Å². The number of carbonyl (C=O) groups excluding carboxylic acids is 3. The van der Waals surface area contributed by atoms with Crippen LogP contribution in [0.4, 0.5) is 10.5 Å². The maximum Gasteiger partial charge on any atom is 0.325 e. The Morgan fingerprint density at radius 1 is 1.03 bits per heavy atom. The number of imide groups is 1. The van der Waals surface area contributed by atoms with Crippen molar-refractivity contribution in [1.82, 2.24) is 15.5 Å². The Labute approximate surface area is 168 Å². The minimum Gasteiger partial charge on any atom is -0.454 e. The summed E-state index contributed by atoms with van der Waals surface area (Å²) in [5, 5.41) is 7.44. The Bertz CT molecular complexity index is 914. The van der Waals surface area contributed by atoms with Gasteiger partial charge in [-0.1, -0.05) is 12.1 Å². The molecule has 0 bridgehead atoms. The van der Waals surface area contributed by atoms with Gasteiger partial charge in [-0.15, -0.1) is 0 Å². The summed E-state index contributed by atoms with van der Waals surface area (Å²) in [5.41, 5.74) is 2.00. The highest BCUT2D eigenvalue weighted by Gasteiger charge is 2.15. The van der Waals surface area contributed by atoms with Gasteiger partial charge < -0.3 is 20.1 Å². The van der Waals surface area contributed by atoms with Crippen LogP contribution in [0.25, 0.3) is 0 Å². The number of nitrogens with one attached hydrogen (secondary N) is 3. The second-order valence-electron chi connectivity index (χ2n) is 6.52. The number of fused-ring (bicyclic) bond motifs is 1. The van der Waals surface area contributed by atoms with Crippen molar-refractivity contribution < 1.29 is 23.9 Å². The van der Waals surface area contributed by atoms with Crippen molar-refractivity contribution in [2.45, 2.75) is 6.54 Å². The summed E-state index contributed by atoms with van der Waals surface area (Å²) in [6.07, 6.45) is 0. The van der Waals surface area contributed by atoms with Gasteiger partial charge in [-0.3, -0.25) is 19.8 Å². The minimum absolute atomic E-state index is 0.0335. The molecule has 0 fully saturated rings. The Morgan fingerprint density at radius 2 is 1.76 bits per heavy atom. The van der Waals surface area contributed by atoms with Gasteiger partial charge in [0.05, 0.1) is 6.54 Å². The molecule has 1 aliphatic heterocycles. The van der Waals surface area contributed by atoms with Gasteiger partial charge >= 0.3 is 6.03 Å². The first kappa shape index (κ1) is 20.2. The average Bonchev–Trinajstić information content (AvgIpc) is 3.15. The van der Waals surface area contributed by atoms with Crippen molar-refractivity contribution in [3.63, 3.8) is 0 Å². The van der Waals surface area contributed by atoms with Crippen LogP contribution < -0.4 is 25.4 Å². The molecule has 0 unspecified atom stereocenters. The Kier molecular flexibility index (Phi) is 6.30. The van der Waals surface area contributed by atoms with Crippen molar-refractivity contribution in [2.24, 2.45) is 0 Å². The summed E-state index contributed by atoms with van der Waals surface area (Å²) >= 11 is 0. The molecule has 0 aliphatic carbocycles. The summed E-state index contributed by atoms with van der Waals surface area (Å²) in [4.78, 5) is 37.4. The Hall–Kier alpha value is -3.59. The quantitative estimate of drug-likeness (QED) is 0.681. The molecule has 9 nitrogen and oxygen atoms in total. The molecule has 29 heavy (non-hydrogen) atoms. The van der Waals surface area contributed by atoms with E-state index in [2.05, 4.69) is 16.0 Å². The predicted molar refractivity (Wildman–Crippen MR) is 106 cm³/mol. The number of carbonyl (C=O) groups is 3. The smallest absolute Gasteiger partial charge is 0.325 e. The van der Waals surface area contributed by atoms with Gasteiger partial charge in [-0.25, -0.2) is 4.79 Å². The molecule has 9 heteroatoms. The second-order valence-corrected chi connectivity index (χ2v) is 6.52. The normalized spacial score (nSPS) is 11.8. The van der Waals surface area contributed by atoms with Crippen molar-refractivity contribution >= 4 is 23.5 Å². The lowest BCUT2D eigenvalue weighted by Crippen LogP contribution is -2.40. The molecule has 4 amide bonds. The van der Waals surface area contributed by atoms with Crippen molar-refractivity contribution in [1.29, 1.82) is 0 Å². The summed E-state index contributed by atoms with van der Waals surface area (Å²) in [6, 6.07) is 11.4. The lowest BCUT2D eigenvalue weighted by molar-refractivity contribution is -0.120. The molecule has 0 aromatic heterocycles. The van der Waals surface area contributed by atoms with Crippen LogP contribution >= 0.6 is 0 Å². The van der Waals surface area contributed by atoms with E-state index in [1.807, 2.05) is 12.1 Å². The second kappa shape index (κ2) is 9.07. The molecule has 0 saturated carbocycles. The number of urea groups is 1. The monoisotopic (exact) mass is 398 g/mol. The molecule has 2 aromatic carbocycles. The maximum absolute atomic E-state index is 12.1. The number of hydrogen-bond acceptors (Lipinski definition) is 6. The third-order valence-electron chi connectivity index (χ3n) is 4.19. The van der Waals surface area contributed by atoms with Gasteiger partial charge in [0.25, 0.3) is 5.91 Å². The molecule has 1 aliphatic rings. The number of benzene rings is 2. The average molecular weight is 398 g/mol. The third kappa shape index (κ3) is 5.45. The predicted octanol–water partition coefficient (Wildman–Crippen LogP) is 1.55. The van der Waals surface area contributed by atoms with E-state index < -0.39 is 11.9 Å². The van der Waals surface area contributed by atoms with Gasteiger partial charge in [0.2, 0.25) is 12.7 Å². The van der Waals surface area contributed by atoms with E-state index in [0.29, 0.717) is 29.3 Å². The van der Waals surface area contributed by atoms with Gasteiger partial charge in [-0.05, 0) is 36.9 Å². The van der Waals surface area contributed by atoms with Crippen LogP contribution in [0.3, 0.4) is 0 Å². The number of hydrogen-bond donors (Lipinski definition) is 3. The Balaban J connectivity index is 1.45. The van der Waals surface area contributed by atoms with Crippen LogP contribution in [0, 0.1) is 0 Å². The van der Waals surface area contributed by atoms with E-state index in [1.54, 1.807) is 49.3 Å². The summed E-state index contributed by atoms with van der Waals surface area (Å²) in [6.45, 7) is 0.668. The zero-order chi connectivity index (χ0) is 20.8. The Morgan fingerprint density at radius 3 is 2.48 bits per heavy atom. The first-order valence-corrected chi connectivity index (χ1v) is 8.94. The third-order valence-corrected chi connectivity index (χ3v) is 4.19. The molecule has 1 heterocycles. The van der Waals surface area contributed by atoms with Gasteiger partial charge in [0.15, 0.2) is 11.5 Å². The van der Waals surface area contributed by atoms with Crippen LogP contribution in [0.1, 0.15) is 15.9 Å². The van der Waals surface area contributed by atoms with Crippen LogP contribution in [0.2, 0.25) is 0 Å². The van der Waals surface area contributed by atoms with Crippen molar-refractivity contribution in [3.05, 3.63) is 53.6 Å². The molecule has 0 saturated heterocycles. The number of likely N-dealkylation sites (N-methyl/N-ethyl adjacent to an activating group) is 1. The fourth-order valence-corrected chi connectivity index (χ4v) is 2.82. The van der Waals surface area contributed by atoms with Crippen LogP contribution in [0.15, 0.2) is 42.5 Å². The van der Waals surface area contributed by atoms with Crippen molar-refractivity contribution in [2.75, 3.05) is 32.7 Å². The van der Waals surface area contributed by atoms with E-state index in [1.165, 1.54) is 0 Å². The number of nitrogens with zero attached hydrogens (tertiary/aromatic N) is 1. The number of ether oxygens (including phenoxy) is 2. The van der Waals surface area contributed by atoms with E-state index in [-0.39, 0.29) is 19.2 Å². The van der Waals surface area contributed by atoms with Crippen LogP contribution in [-0.2, 0) is 11.3 Å². The largest absolute Gasteiger partial charge is 0.454 e. The highest BCUT2D eigenvalue weighted by molar-refractivity contribution is 6.01. The zero-order valence-corrected chi connectivity index (χ0v) is 16.2. The van der Waals surface area contributed by atoms with Crippen LogP contribution in [0.5, 0.6) is 11.5 Å². The number of amides is 4. The molecule has 0 atom stereocenters. The first-order chi connectivity index (χ1) is 13.9. The molecule has 152 valence electrons. The summed E-state index contributed by atoms with van der Waals surface area (Å²) in [7, 11) is 3.34. The zero-order valence-electron chi connectivity index (χ0n) is 16.2. The lowest BCUT2D eigenvalue weighted by atomic mass is 10.1. The summed E-state index contributed by atoms with van der Waals surface area (Å²) < 4.78 is 10.5. The van der Waals surface area contributed by atoms with Gasteiger partial charge in [0, 0.05) is 30.9 Å². The molecular weight excluding hydrogens is 376 g/mol. The number of anilines is 1. The fourth-order valence-electron chi connectivity index (χ4n) is 2.82. The lowest BCUT2D eigenvalue weighted by Gasteiger charge is -2.16. The molecule has 2 aromatic rings. The first-order valence-electron chi connectivity index (χ1n) is 8.94. The van der Waals surface area contributed by atoms with Crippen molar-refractivity contribution in [3.8, 4) is 11.5 Å². The molecule has 0 spiro atoms. The minimum atomic E-state index is -0.628. The molecule has 0 radical (unpaired) electrons. The van der Waals surface area contributed by atoms with Gasteiger partial charge in [0.1, 0.15) is 0 Å². The van der Waals surface area contributed by atoms with Crippen LogP contribution in [-0.4, -0.2) is 50.2 Å². The fraction of sp³-hybridized carbons (Fsp3) is 0.250. The summed E-state index contributed by atoms with van der Waals surface area (Å²) in [5.74, 6) is 0.554. The van der Waals surface area contributed by atoms with E-state index in [9.17, 15) is 14.4 Å². The topological polar surface area (TPSA) is 109 Å². The molecule has 3 rings (SSSR count). The highest BCUT2D eigenvalue weighted by Crippen LogP contribution is 2.34. The maximum atomic E-state index is 12.1. The van der Waals surface area contributed by atoms with E-state index >= 15 is 0 Å². The molecular formula is C20H22N4O5. The molecule has 3 N–H and O–H groups in total. The van der Waals surface area contributed by atoms with E-state index in [0.717, 1.165) is 5.56 Å². The SMILES string of the molecule is CNC(=O)c1ccc(CN(C)CC(=O)NC(=O)Nc2ccc3c(c2)OCO3)cc1. The standard InChI is InChI=1S/C20H22N4O5/c1-21-19(26)14-5-3-13(4-6-14)10-24(2)11-18(25)23-20(27)22-15-7-8-16-17(9-15)29-12-28-16/h3-9H,10-12H2,1-2H3,(H,21,26)(H2,22,23,25,27). The highest BCUT2D eigenvalue weighted by atomic mass is 16.7.